The summed E-state index contributed by atoms with van der Waals surface area (Å²) in [6, 6.07) is 3.21. The number of Topliss-reactive ketones (excluding diaryl/α,β-unsaturated/α-hetero) is 1. The normalized spacial score (nSPS) is 25.7. The fraction of sp³-hybridized carbons (Fsp3) is 0.600. The predicted octanol–water partition coefficient (Wildman–Crippen LogP) is 4.72. The van der Waals surface area contributed by atoms with Gasteiger partial charge in [0.05, 0.1) is 5.56 Å². The number of ketones is 1. The zero-order valence-electron chi connectivity index (χ0n) is 15.4. The van der Waals surface area contributed by atoms with Crippen molar-refractivity contribution in [1.29, 1.82) is 0 Å². The predicted molar refractivity (Wildman–Crippen MR) is 92.9 cm³/mol. The highest BCUT2D eigenvalue weighted by Gasteiger charge is 2.45. The summed E-state index contributed by atoms with van der Waals surface area (Å²) in [4.78, 5) is 27.1. The van der Waals surface area contributed by atoms with Gasteiger partial charge in [0.25, 0.3) is 0 Å². The molecule has 2 bridgehead atoms. The highest BCUT2D eigenvalue weighted by atomic mass is 19.1. The summed E-state index contributed by atoms with van der Waals surface area (Å²) in [5.41, 5.74) is -1.05. The number of hydrogen-bond donors (Lipinski definition) is 0. The van der Waals surface area contributed by atoms with E-state index in [0.717, 1.165) is 31.4 Å². The van der Waals surface area contributed by atoms with E-state index in [2.05, 4.69) is 0 Å². The van der Waals surface area contributed by atoms with Crippen LogP contribution in [0.4, 0.5) is 13.6 Å². The van der Waals surface area contributed by atoms with Crippen LogP contribution in [0.25, 0.3) is 0 Å². The zero-order valence-corrected chi connectivity index (χ0v) is 15.4. The average molecular weight is 365 g/mol. The molecule has 3 rings (SSSR count). The maximum atomic E-state index is 14.0. The first-order valence-corrected chi connectivity index (χ1v) is 9.17. The van der Waals surface area contributed by atoms with Crippen LogP contribution >= 0.6 is 0 Å². The molecule has 2 unspecified atom stereocenters. The minimum Gasteiger partial charge on any atom is -0.444 e. The Labute approximate surface area is 152 Å². The number of nitrogens with zero attached hydrogens (tertiary/aromatic N) is 1. The molecule has 2 fully saturated rings. The lowest BCUT2D eigenvalue weighted by atomic mass is 9.75. The molecule has 2 atom stereocenters. The van der Waals surface area contributed by atoms with Gasteiger partial charge < -0.3 is 9.64 Å². The molecule has 2 aliphatic rings. The average Bonchev–Trinajstić information content (AvgIpc) is 2.51. The minimum atomic E-state index is -0.824. The summed E-state index contributed by atoms with van der Waals surface area (Å²) in [5, 5.41) is 0. The molecule has 1 aromatic rings. The Morgan fingerprint density at radius 1 is 1.08 bits per heavy atom. The van der Waals surface area contributed by atoms with E-state index in [0.29, 0.717) is 12.8 Å². The van der Waals surface area contributed by atoms with Gasteiger partial charge in [-0.1, -0.05) is 6.07 Å². The van der Waals surface area contributed by atoms with Crippen LogP contribution in [0.2, 0.25) is 0 Å². The number of fused-ring (bicyclic) bond motifs is 2. The van der Waals surface area contributed by atoms with E-state index in [1.165, 1.54) is 6.07 Å². The van der Waals surface area contributed by atoms with Gasteiger partial charge in [0.15, 0.2) is 5.78 Å². The van der Waals surface area contributed by atoms with Crippen molar-refractivity contribution in [3.63, 3.8) is 0 Å². The number of amides is 1. The summed E-state index contributed by atoms with van der Waals surface area (Å²) in [5.74, 6) is -2.62. The first kappa shape index (κ1) is 18.8. The smallest absolute Gasteiger partial charge is 0.410 e. The molecule has 2 aliphatic heterocycles. The standard InChI is InChI=1S/C20H25F2NO3/c1-20(2,3)26-19(25)23-13-6-4-7-14(23)11-12(10-13)18(24)17-15(21)8-5-9-16(17)22/h5,8-9,12-14H,4,6-7,10-11H2,1-3H3. The van der Waals surface area contributed by atoms with Gasteiger partial charge in [-0.15, -0.1) is 0 Å². The molecule has 142 valence electrons. The molecular weight excluding hydrogens is 340 g/mol. The highest BCUT2D eigenvalue weighted by molar-refractivity contribution is 5.98. The summed E-state index contributed by atoms with van der Waals surface area (Å²) >= 11 is 0. The van der Waals surface area contributed by atoms with E-state index in [1.54, 1.807) is 4.90 Å². The third-order valence-electron chi connectivity index (χ3n) is 5.16. The lowest BCUT2D eigenvalue weighted by molar-refractivity contribution is -0.0261. The highest BCUT2D eigenvalue weighted by Crippen LogP contribution is 2.39. The molecule has 1 amide bonds. The molecule has 2 heterocycles. The Hall–Kier alpha value is -1.98. The topological polar surface area (TPSA) is 46.6 Å². The maximum Gasteiger partial charge on any atom is 0.410 e. The quantitative estimate of drug-likeness (QED) is 0.713. The van der Waals surface area contributed by atoms with E-state index in [9.17, 15) is 18.4 Å². The molecule has 0 N–H and O–H groups in total. The van der Waals surface area contributed by atoms with E-state index < -0.39 is 34.5 Å². The van der Waals surface area contributed by atoms with Crippen molar-refractivity contribution >= 4 is 11.9 Å². The third-order valence-corrected chi connectivity index (χ3v) is 5.16. The zero-order chi connectivity index (χ0) is 19.1. The Kier molecular flexibility index (Phi) is 5.04. The number of piperidine rings is 2. The van der Waals surface area contributed by atoms with Gasteiger partial charge in [-0.3, -0.25) is 4.79 Å². The van der Waals surface area contributed by atoms with Crippen molar-refractivity contribution in [1.82, 2.24) is 4.90 Å². The van der Waals surface area contributed by atoms with Crippen molar-refractivity contribution in [3.05, 3.63) is 35.4 Å². The fourth-order valence-corrected chi connectivity index (χ4v) is 4.15. The Morgan fingerprint density at radius 2 is 1.62 bits per heavy atom. The molecule has 1 aromatic carbocycles. The van der Waals surface area contributed by atoms with Crippen LogP contribution in [0.3, 0.4) is 0 Å². The van der Waals surface area contributed by atoms with Crippen molar-refractivity contribution in [2.24, 2.45) is 5.92 Å². The molecule has 0 radical (unpaired) electrons. The molecule has 2 saturated heterocycles. The van der Waals surface area contributed by atoms with Crippen molar-refractivity contribution in [2.45, 2.75) is 70.6 Å². The summed E-state index contributed by atoms with van der Waals surface area (Å²) in [6.45, 7) is 5.45. The lowest BCUT2D eigenvalue weighted by Gasteiger charge is -2.48. The molecule has 4 nitrogen and oxygen atoms in total. The summed E-state index contributed by atoms with van der Waals surface area (Å²) in [6.07, 6.45) is 3.00. The third kappa shape index (κ3) is 3.74. The van der Waals surface area contributed by atoms with Crippen LogP contribution in [0.1, 0.15) is 63.2 Å². The SMILES string of the molecule is CC(C)(C)OC(=O)N1C2CCCC1CC(C(=O)c1c(F)cccc1F)C2. The fourth-order valence-electron chi connectivity index (χ4n) is 4.15. The number of halogens is 2. The van der Waals surface area contributed by atoms with E-state index in [1.807, 2.05) is 20.8 Å². The van der Waals surface area contributed by atoms with Crippen LogP contribution in [0.5, 0.6) is 0 Å². The van der Waals surface area contributed by atoms with Crippen LogP contribution in [0.15, 0.2) is 18.2 Å². The molecule has 26 heavy (non-hydrogen) atoms. The molecule has 0 spiro atoms. The number of benzene rings is 1. The van der Waals surface area contributed by atoms with Crippen molar-refractivity contribution < 1.29 is 23.1 Å². The van der Waals surface area contributed by atoms with Crippen LogP contribution < -0.4 is 0 Å². The molecule has 0 saturated carbocycles. The lowest BCUT2D eigenvalue weighted by Crippen LogP contribution is -2.56. The monoisotopic (exact) mass is 365 g/mol. The van der Waals surface area contributed by atoms with E-state index >= 15 is 0 Å². The first-order valence-electron chi connectivity index (χ1n) is 9.17. The van der Waals surface area contributed by atoms with Crippen molar-refractivity contribution in [3.8, 4) is 0 Å². The second-order valence-corrected chi connectivity index (χ2v) is 8.26. The summed E-state index contributed by atoms with van der Waals surface area (Å²) < 4.78 is 33.5. The van der Waals surface area contributed by atoms with Crippen LogP contribution in [0, 0.1) is 17.6 Å². The Bertz CT molecular complexity index is 679. The Balaban J connectivity index is 1.79. The second kappa shape index (κ2) is 6.97. The molecular formula is C20H25F2NO3. The van der Waals surface area contributed by atoms with Gasteiger partial charge in [-0.05, 0) is 65.0 Å². The van der Waals surface area contributed by atoms with Crippen molar-refractivity contribution in [2.75, 3.05) is 0 Å². The number of carbonyl (C=O) groups is 2. The Morgan fingerprint density at radius 3 is 2.12 bits per heavy atom. The van der Waals surface area contributed by atoms with Crippen LogP contribution in [-0.4, -0.2) is 34.5 Å². The molecule has 0 aromatic heterocycles. The number of rotatable bonds is 2. The first-order chi connectivity index (χ1) is 12.2. The molecule has 0 aliphatic carbocycles. The summed E-state index contributed by atoms with van der Waals surface area (Å²) in [7, 11) is 0. The number of carbonyl (C=O) groups excluding carboxylic acids is 2. The van der Waals surface area contributed by atoms with E-state index in [-0.39, 0.29) is 18.2 Å². The largest absolute Gasteiger partial charge is 0.444 e. The van der Waals surface area contributed by atoms with Gasteiger partial charge in [-0.2, -0.15) is 0 Å². The van der Waals surface area contributed by atoms with E-state index in [4.69, 9.17) is 4.74 Å². The number of hydrogen-bond acceptors (Lipinski definition) is 3. The van der Waals surface area contributed by atoms with Crippen LogP contribution in [-0.2, 0) is 4.74 Å². The minimum absolute atomic E-state index is 0.124. The second-order valence-electron chi connectivity index (χ2n) is 8.26. The number of ether oxygens (including phenoxy) is 1. The van der Waals surface area contributed by atoms with Gasteiger partial charge >= 0.3 is 6.09 Å². The van der Waals surface area contributed by atoms with Gasteiger partial charge in [0, 0.05) is 18.0 Å². The molecule has 6 heteroatoms. The van der Waals surface area contributed by atoms with Gasteiger partial charge in [0.2, 0.25) is 0 Å². The van der Waals surface area contributed by atoms with Gasteiger partial charge in [-0.25, -0.2) is 13.6 Å². The maximum absolute atomic E-state index is 14.0. The van der Waals surface area contributed by atoms with Gasteiger partial charge in [0.1, 0.15) is 17.2 Å².